The summed E-state index contributed by atoms with van der Waals surface area (Å²) in [5.74, 6) is 1.80. The minimum Gasteiger partial charge on any atom is -0.377 e. The number of amides is 2. The molecule has 2 aromatic rings. The molecule has 2 fully saturated rings. The van der Waals surface area contributed by atoms with Crippen molar-refractivity contribution in [2.24, 2.45) is 5.73 Å². The second-order valence-corrected chi connectivity index (χ2v) is 8.36. The van der Waals surface area contributed by atoms with Gasteiger partial charge in [-0.1, -0.05) is 0 Å². The molecule has 4 heterocycles. The van der Waals surface area contributed by atoms with Crippen molar-refractivity contribution in [1.82, 2.24) is 14.9 Å². The van der Waals surface area contributed by atoms with Crippen molar-refractivity contribution < 1.29 is 9.53 Å². The Balaban J connectivity index is 1.58. The highest BCUT2D eigenvalue weighted by molar-refractivity contribution is 5.88. The molecule has 30 heavy (non-hydrogen) atoms. The number of carbonyl (C=O) groups excluding carboxylic acids is 1. The number of rotatable bonds is 3. The Hall–Kier alpha value is -2.71. The first-order valence-electron chi connectivity index (χ1n) is 10.8. The first-order valence-corrected chi connectivity index (χ1v) is 10.8. The molecule has 3 aliphatic heterocycles. The monoisotopic (exact) mass is 408 g/mol. The number of benzene rings is 1. The third-order valence-electron chi connectivity index (χ3n) is 6.40. The summed E-state index contributed by atoms with van der Waals surface area (Å²) in [6.45, 7) is 6.72. The molecular weight excluding hydrogens is 380 g/mol. The van der Waals surface area contributed by atoms with Crippen LogP contribution in [-0.2, 0) is 11.2 Å². The second-order valence-electron chi connectivity index (χ2n) is 8.36. The Kier molecular flexibility index (Phi) is 5.04. The fourth-order valence-corrected chi connectivity index (χ4v) is 4.92. The van der Waals surface area contributed by atoms with E-state index in [4.69, 9.17) is 20.4 Å². The lowest BCUT2D eigenvalue weighted by molar-refractivity contribution is 0.0983. The highest BCUT2D eigenvalue weighted by Crippen LogP contribution is 2.41. The van der Waals surface area contributed by atoms with Gasteiger partial charge in [0.05, 0.1) is 31.0 Å². The topological polar surface area (TPSA) is 96.6 Å². The van der Waals surface area contributed by atoms with Crippen molar-refractivity contribution in [3.05, 3.63) is 35.5 Å². The van der Waals surface area contributed by atoms with E-state index >= 15 is 0 Å². The van der Waals surface area contributed by atoms with Gasteiger partial charge in [-0.15, -0.1) is 0 Å². The summed E-state index contributed by atoms with van der Waals surface area (Å²) in [5.41, 5.74) is 9.31. The van der Waals surface area contributed by atoms with Crippen LogP contribution in [0.1, 0.15) is 37.1 Å². The molecule has 0 unspecified atom stereocenters. The number of hydrogen-bond acceptors (Lipinski definition) is 6. The van der Waals surface area contributed by atoms with Gasteiger partial charge in [-0.05, 0) is 57.0 Å². The Bertz CT molecular complexity index is 947. The maximum atomic E-state index is 11.1. The first-order chi connectivity index (χ1) is 14.6. The number of anilines is 2. The van der Waals surface area contributed by atoms with Crippen LogP contribution < -0.4 is 16.0 Å². The minimum absolute atomic E-state index is 0.286. The molecule has 0 aliphatic carbocycles. The van der Waals surface area contributed by atoms with E-state index in [2.05, 4.69) is 22.0 Å². The van der Waals surface area contributed by atoms with Crippen molar-refractivity contribution >= 4 is 17.5 Å². The van der Waals surface area contributed by atoms with Crippen LogP contribution in [-0.4, -0.2) is 59.8 Å². The number of nitrogens with zero attached hydrogens (tertiary/aromatic N) is 4. The smallest absolute Gasteiger partial charge is 0.316 e. The zero-order valence-corrected chi connectivity index (χ0v) is 17.3. The number of nitrogens with two attached hydrogens (primary N) is 1. The summed E-state index contributed by atoms with van der Waals surface area (Å²) in [6.07, 6.45) is 3.37. The van der Waals surface area contributed by atoms with E-state index in [0.717, 1.165) is 62.9 Å². The van der Waals surface area contributed by atoms with E-state index in [1.807, 2.05) is 24.3 Å². The van der Waals surface area contributed by atoms with Gasteiger partial charge in [-0.3, -0.25) is 4.90 Å². The quantitative estimate of drug-likeness (QED) is 0.810. The van der Waals surface area contributed by atoms with E-state index in [1.165, 1.54) is 17.7 Å². The molecule has 3 aliphatic rings. The minimum atomic E-state index is -0.572. The lowest BCUT2D eigenvalue weighted by atomic mass is 9.97. The van der Waals surface area contributed by atoms with Crippen molar-refractivity contribution in [3.63, 3.8) is 0 Å². The summed E-state index contributed by atoms with van der Waals surface area (Å²) in [6, 6.07) is 7.65. The number of morpholine rings is 1. The van der Waals surface area contributed by atoms with Crippen LogP contribution in [0.5, 0.6) is 0 Å². The SMILES string of the molecule is C[C@H]1COCCN1c1nc(-c2ccc(NC(N)=O)cc2)nc2c1CCN1CCC[C@@H]21. The van der Waals surface area contributed by atoms with Crippen LogP contribution in [0.3, 0.4) is 0 Å². The third-order valence-corrected chi connectivity index (χ3v) is 6.40. The molecule has 0 spiro atoms. The Morgan fingerprint density at radius 1 is 1.20 bits per heavy atom. The molecule has 2 atom stereocenters. The summed E-state index contributed by atoms with van der Waals surface area (Å²) in [5, 5.41) is 2.60. The van der Waals surface area contributed by atoms with Gasteiger partial charge < -0.3 is 20.7 Å². The van der Waals surface area contributed by atoms with Gasteiger partial charge in [0.2, 0.25) is 0 Å². The molecule has 3 N–H and O–H groups in total. The number of fused-ring (bicyclic) bond motifs is 3. The highest BCUT2D eigenvalue weighted by atomic mass is 16.5. The molecule has 0 radical (unpaired) electrons. The molecule has 2 saturated heterocycles. The van der Waals surface area contributed by atoms with Gasteiger partial charge in [0, 0.05) is 29.9 Å². The molecule has 1 aromatic carbocycles. The van der Waals surface area contributed by atoms with E-state index < -0.39 is 6.03 Å². The summed E-state index contributed by atoms with van der Waals surface area (Å²) < 4.78 is 5.67. The normalized spacial score (nSPS) is 23.7. The Morgan fingerprint density at radius 2 is 2.03 bits per heavy atom. The van der Waals surface area contributed by atoms with Gasteiger partial charge >= 0.3 is 6.03 Å². The average Bonchev–Trinajstić information content (AvgIpc) is 3.23. The number of primary amides is 1. The lowest BCUT2D eigenvalue weighted by Crippen LogP contribution is -2.45. The second kappa shape index (κ2) is 7.85. The standard InChI is InChI=1S/C22H28N6O2/c1-14-13-30-12-11-28(14)21-17-8-10-27-9-2-3-18(27)19(17)25-20(26-21)15-4-6-16(7-5-15)24-22(23)29/h4-7,14,18H,2-3,8-13H2,1H3,(H3,23,24,29)/t14-,18-/m0/s1. The number of ether oxygens (including phenoxy) is 1. The van der Waals surface area contributed by atoms with E-state index in [-0.39, 0.29) is 6.04 Å². The molecule has 8 heteroatoms. The Labute approximate surface area is 176 Å². The zero-order chi connectivity index (χ0) is 20.7. The van der Waals surface area contributed by atoms with Gasteiger partial charge in [0.15, 0.2) is 5.82 Å². The van der Waals surface area contributed by atoms with Crippen LogP contribution in [0, 0.1) is 0 Å². The molecule has 158 valence electrons. The summed E-state index contributed by atoms with van der Waals surface area (Å²) in [7, 11) is 0. The molecule has 2 amide bonds. The molecular formula is C22H28N6O2. The average molecular weight is 409 g/mol. The maximum absolute atomic E-state index is 11.1. The number of urea groups is 1. The maximum Gasteiger partial charge on any atom is 0.316 e. The van der Waals surface area contributed by atoms with Crippen molar-refractivity contribution in [2.45, 2.75) is 38.3 Å². The molecule has 0 bridgehead atoms. The predicted octanol–water partition coefficient (Wildman–Crippen LogP) is 2.55. The zero-order valence-electron chi connectivity index (χ0n) is 17.3. The first kappa shape index (κ1) is 19.3. The third kappa shape index (κ3) is 3.50. The van der Waals surface area contributed by atoms with E-state index in [9.17, 15) is 4.79 Å². The van der Waals surface area contributed by atoms with Gasteiger partial charge in [0.25, 0.3) is 0 Å². The highest BCUT2D eigenvalue weighted by Gasteiger charge is 2.36. The number of aromatic nitrogens is 2. The van der Waals surface area contributed by atoms with Crippen LogP contribution in [0.25, 0.3) is 11.4 Å². The Morgan fingerprint density at radius 3 is 2.80 bits per heavy atom. The predicted molar refractivity (Wildman–Crippen MR) is 116 cm³/mol. The van der Waals surface area contributed by atoms with Crippen LogP contribution >= 0.6 is 0 Å². The van der Waals surface area contributed by atoms with E-state index in [0.29, 0.717) is 11.7 Å². The van der Waals surface area contributed by atoms with Crippen molar-refractivity contribution in [1.29, 1.82) is 0 Å². The van der Waals surface area contributed by atoms with Crippen LogP contribution in [0.4, 0.5) is 16.3 Å². The van der Waals surface area contributed by atoms with Crippen LogP contribution in [0.15, 0.2) is 24.3 Å². The van der Waals surface area contributed by atoms with Gasteiger partial charge in [0.1, 0.15) is 5.82 Å². The van der Waals surface area contributed by atoms with Crippen molar-refractivity contribution in [3.8, 4) is 11.4 Å². The lowest BCUT2D eigenvalue weighted by Gasteiger charge is -2.38. The van der Waals surface area contributed by atoms with Crippen LogP contribution in [0.2, 0.25) is 0 Å². The largest absolute Gasteiger partial charge is 0.377 e. The van der Waals surface area contributed by atoms with Crippen molar-refractivity contribution in [2.75, 3.05) is 43.1 Å². The summed E-state index contributed by atoms with van der Waals surface area (Å²) >= 11 is 0. The molecule has 5 rings (SSSR count). The molecule has 0 saturated carbocycles. The molecule has 1 aromatic heterocycles. The number of hydrogen-bond donors (Lipinski definition) is 2. The summed E-state index contributed by atoms with van der Waals surface area (Å²) in [4.78, 5) is 26.2. The van der Waals surface area contributed by atoms with Gasteiger partial charge in [-0.25, -0.2) is 14.8 Å². The fourth-order valence-electron chi connectivity index (χ4n) is 4.92. The van der Waals surface area contributed by atoms with Gasteiger partial charge in [-0.2, -0.15) is 0 Å². The number of carbonyl (C=O) groups is 1. The fraction of sp³-hybridized carbons (Fsp3) is 0.500. The molecule has 8 nitrogen and oxygen atoms in total. The van der Waals surface area contributed by atoms with E-state index in [1.54, 1.807) is 0 Å². The number of nitrogens with one attached hydrogen (secondary N) is 1.